The lowest BCUT2D eigenvalue weighted by atomic mass is 10.1. The van der Waals surface area contributed by atoms with Gasteiger partial charge in [0.1, 0.15) is 6.07 Å². The fraction of sp³-hybridized carbons (Fsp3) is 0.222. The summed E-state index contributed by atoms with van der Waals surface area (Å²) in [5, 5.41) is 8.36. The molecule has 1 nitrogen and oxygen atoms in total. The van der Waals surface area contributed by atoms with Gasteiger partial charge in [0.15, 0.2) is 0 Å². The van der Waals surface area contributed by atoms with Gasteiger partial charge in [-0.2, -0.15) is 14.0 Å². The van der Waals surface area contributed by atoms with Crippen molar-refractivity contribution in [1.82, 2.24) is 0 Å². The minimum absolute atomic E-state index is 0.262. The summed E-state index contributed by atoms with van der Waals surface area (Å²) in [4.78, 5) is 0. The summed E-state index contributed by atoms with van der Waals surface area (Å²) in [5.41, 5.74) is 0.288. The Kier molecular flexibility index (Phi) is 2.84. The number of nitriles is 1. The van der Waals surface area contributed by atoms with E-state index in [1.807, 2.05) is 0 Å². The minimum atomic E-state index is -3.34. The Labute approximate surface area is 79.6 Å². The fourth-order valence-corrected chi connectivity index (χ4v) is 1.12. The third-order valence-electron chi connectivity index (χ3n) is 1.53. The summed E-state index contributed by atoms with van der Waals surface area (Å²) in [6.07, 6.45) is -0.636. The summed E-state index contributed by atoms with van der Waals surface area (Å²) in [6, 6.07) is 7.18. The molecule has 0 fully saturated rings. The SMILES string of the molecule is N#CC(F)(F)Cc1ccccc1Cl. The van der Waals surface area contributed by atoms with E-state index in [1.165, 1.54) is 12.1 Å². The van der Waals surface area contributed by atoms with Gasteiger partial charge in [0.2, 0.25) is 0 Å². The minimum Gasteiger partial charge on any atom is -0.192 e. The molecule has 68 valence electrons. The number of nitrogens with zero attached hydrogens (tertiary/aromatic N) is 1. The molecule has 0 aliphatic rings. The second-order valence-corrected chi connectivity index (χ2v) is 2.99. The van der Waals surface area contributed by atoms with E-state index in [-0.39, 0.29) is 10.6 Å². The molecule has 1 aromatic carbocycles. The predicted octanol–water partition coefficient (Wildman–Crippen LogP) is 3.04. The molecule has 4 heteroatoms. The van der Waals surface area contributed by atoms with Crippen LogP contribution < -0.4 is 0 Å². The predicted molar refractivity (Wildman–Crippen MR) is 45.7 cm³/mol. The Balaban J connectivity index is 2.88. The molecule has 0 bridgehead atoms. The number of halogens is 3. The van der Waals surface area contributed by atoms with Crippen molar-refractivity contribution in [2.45, 2.75) is 12.3 Å². The summed E-state index contributed by atoms with van der Waals surface area (Å²) in [7, 11) is 0. The summed E-state index contributed by atoms with van der Waals surface area (Å²) in [5.74, 6) is -3.34. The molecule has 0 amide bonds. The molecule has 1 aromatic rings. The van der Waals surface area contributed by atoms with E-state index in [4.69, 9.17) is 16.9 Å². The molecular weight excluding hydrogens is 196 g/mol. The Bertz CT molecular complexity index is 344. The molecular formula is C9H6ClF2N. The average molecular weight is 202 g/mol. The van der Waals surface area contributed by atoms with E-state index in [0.29, 0.717) is 0 Å². The van der Waals surface area contributed by atoms with Gasteiger partial charge in [0.05, 0.1) is 6.42 Å². The standard InChI is InChI=1S/C9H6ClF2N/c10-8-4-2-1-3-7(8)5-9(11,12)6-13/h1-4H,5H2. The third kappa shape index (κ3) is 2.67. The summed E-state index contributed by atoms with van der Waals surface area (Å²) in [6.45, 7) is 0. The smallest absolute Gasteiger partial charge is 0.192 e. The van der Waals surface area contributed by atoms with E-state index in [0.717, 1.165) is 6.07 Å². The van der Waals surface area contributed by atoms with Gasteiger partial charge in [-0.15, -0.1) is 0 Å². The van der Waals surface area contributed by atoms with Crippen LogP contribution in [0.3, 0.4) is 0 Å². The molecule has 0 saturated heterocycles. The third-order valence-corrected chi connectivity index (χ3v) is 1.90. The number of rotatable bonds is 2. The van der Waals surface area contributed by atoms with Crippen LogP contribution in [-0.2, 0) is 6.42 Å². The van der Waals surface area contributed by atoms with Gasteiger partial charge in [-0.05, 0) is 11.6 Å². The lowest BCUT2D eigenvalue weighted by Crippen LogP contribution is -2.16. The van der Waals surface area contributed by atoms with Crippen LogP contribution in [0.1, 0.15) is 5.56 Å². The Morgan fingerprint density at radius 2 is 2.00 bits per heavy atom. The van der Waals surface area contributed by atoms with Gasteiger partial charge >= 0.3 is 5.92 Å². The first-order valence-corrected chi connectivity index (χ1v) is 3.95. The van der Waals surface area contributed by atoms with Crippen LogP contribution in [0.15, 0.2) is 24.3 Å². The second-order valence-electron chi connectivity index (χ2n) is 2.58. The average Bonchev–Trinajstić information content (AvgIpc) is 2.09. The van der Waals surface area contributed by atoms with Crippen molar-refractivity contribution in [2.24, 2.45) is 0 Å². The first kappa shape index (κ1) is 9.94. The van der Waals surface area contributed by atoms with E-state index < -0.39 is 12.3 Å². The Hall–Kier alpha value is -1.14. The topological polar surface area (TPSA) is 23.8 Å². The highest BCUT2D eigenvalue weighted by Gasteiger charge is 2.29. The van der Waals surface area contributed by atoms with Crippen LogP contribution in [0.25, 0.3) is 0 Å². The maximum Gasteiger partial charge on any atom is 0.336 e. The quantitative estimate of drug-likeness (QED) is 0.722. The molecule has 0 N–H and O–H groups in total. The van der Waals surface area contributed by atoms with Crippen LogP contribution >= 0.6 is 11.6 Å². The zero-order chi connectivity index (χ0) is 9.90. The van der Waals surface area contributed by atoms with E-state index in [2.05, 4.69) is 0 Å². The molecule has 0 aromatic heterocycles. The number of hydrogen-bond donors (Lipinski definition) is 0. The van der Waals surface area contributed by atoms with Crippen LogP contribution in [0.2, 0.25) is 5.02 Å². The van der Waals surface area contributed by atoms with Crippen LogP contribution in [0.5, 0.6) is 0 Å². The van der Waals surface area contributed by atoms with Crippen molar-refractivity contribution < 1.29 is 8.78 Å². The van der Waals surface area contributed by atoms with Gasteiger partial charge in [-0.25, -0.2) is 0 Å². The van der Waals surface area contributed by atoms with Crippen LogP contribution in [0, 0.1) is 11.3 Å². The zero-order valence-corrected chi connectivity index (χ0v) is 7.35. The molecule has 0 aliphatic heterocycles. The Morgan fingerprint density at radius 3 is 2.54 bits per heavy atom. The fourth-order valence-electron chi connectivity index (χ4n) is 0.920. The van der Waals surface area contributed by atoms with Crippen LogP contribution in [0.4, 0.5) is 8.78 Å². The van der Waals surface area contributed by atoms with Crippen molar-refractivity contribution in [3.05, 3.63) is 34.9 Å². The highest BCUT2D eigenvalue weighted by Crippen LogP contribution is 2.23. The molecule has 0 radical (unpaired) electrons. The maximum absolute atomic E-state index is 12.6. The molecule has 13 heavy (non-hydrogen) atoms. The van der Waals surface area contributed by atoms with Crippen molar-refractivity contribution >= 4 is 11.6 Å². The first-order chi connectivity index (χ1) is 6.05. The lowest BCUT2D eigenvalue weighted by molar-refractivity contribution is 0.0646. The van der Waals surface area contributed by atoms with Gasteiger partial charge in [-0.3, -0.25) is 0 Å². The normalized spacial score (nSPS) is 10.9. The molecule has 0 heterocycles. The summed E-state index contributed by atoms with van der Waals surface area (Å²) < 4.78 is 25.2. The summed E-state index contributed by atoms with van der Waals surface area (Å²) >= 11 is 5.64. The molecule has 0 saturated carbocycles. The molecule has 0 aliphatic carbocycles. The van der Waals surface area contributed by atoms with Gasteiger partial charge in [0.25, 0.3) is 0 Å². The largest absolute Gasteiger partial charge is 0.336 e. The monoisotopic (exact) mass is 201 g/mol. The van der Waals surface area contributed by atoms with Crippen LogP contribution in [-0.4, -0.2) is 5.92 Å². The highest BCUT2D eigenvalue weighted by molar-refractivity contribution is 6.31. The van der Waals surface area contributed by atoms with Crippen molar-refractivity contribution in [3.8, 4) is 6.07 Å². The van der Waals surface area contributed by atoms with Gasteiger partial charge < -0.3 is 0 Å². The Morgan fingerprint density at radius 1 is 1.38 bits per heavy atom. The molecule has 0 unspecified atom stereocenters. The lowest BCUT2D eigenvalue weighted by Gasteiger charge is -2.08. The van der Waals surface area contributed by atoms with Crippen molar-refractivity contribution in [1.29, 1.82) is 5.26 Å². The van der Waals surface area contributed by atoms with Crippen molar-refractivity contribution in [2.75, 3.05) is 0 Å². The second kappa shape index (κ2) is 3.71. The van der Waals surface area contributed by atoms with E-state index >= 15 is 0 Å². The molecule has 1 rings (SSSR count). The first-order valence-electron chi connectivity index (χ1n) is 3.58. The number of benzene rings is 1. The maximum atomic E-state index is 12.6. The van der Waals surface area contributed by atoms with Gasteiger partial charge in [0, 0.05) is 5.02 Å². The van der Waals surface area contributed by atoms with Crippen molar-refractivity contribution in [3.63, 3.8) is 0 Å². The van der Waals surface area contributed by atoms with E-state index in [1.54, 1.807) is 12.1 Å². The molecule has 0 spiro atoms. The highest BCUT2D eigenvalue weighted by atomic mass is 35.5. The number of hydrogen-bond acceptors (Lipinski definition) is 1. The van der Waals surface area contributed by atoms with E-state index in [9.17, 15) is 8.78 Å². The van der Waals surface area contributed by atoms with Gasteiger partial charge in [-0.1, -0.05) is 29.8 Å². The zero-order valence-electron chi connectivity index (χ0n) is 6.60. The number of alkyl halides is 2. The molecule has 0 atom stereocenters.